The molecule has 0 fully saturated rings. The topological polar surface area (TPSA) is 32.3 Å². The molecule has 1 atom stereocenters. The number of benzene rings is 1. The first-order valence-corrected chi connectivity index (χ1v) is 6.21. The highest BCUT2D eigenvalue weighted by Crippen LogP contribution is 2.30. The highest BCUT2D eigenvalue weighted by atomic mass is 16.3. The van der Waals surface area contributed by atoms with Gasteiger partial charge in [0.1, 0.15) is 0 Å². The molecule has 0 amide bonds. The maximum atomic E-state index is 9.98. The molecule has 1 aromatic rings. The van der Waals surface area contributed by atoms with E-state index in [4.69, 9.17) is 0 Å². The molecule has 96 valence electrons. The lowest BCUT2D eigenvalue weighted by Gasteiger charge is -2.31. The Bertz CT molecular complexity index is 371. The molecule has 2 N–H and O–H groups in total. The summed E-state index contributed by atoms with van der Waals surface area (Å²) in [5.74, 6) is 0. The SMILES string of the molecule is CC(Nc1ccccc1C(C)(C)C)C(C)(C)O. The lowest BCUT2D eigenvalue weighted by atomic mass is 9.85. The van der Waals surface area contributed by atoms with E-state index in [2.05, 4.69) is 44.3 Å². The molecule has 0 radical (unpaired) electrons. The summed E-state index contributed by atoms with van der Waals surface area (Å²) in [4.78, 5) is 0. The van der Waals surface area contributed by atoms with Crippen LogP contribution in [0, 0.1) is 0 Å². The Hall–Kier alpha value is -1.02. The zero-order valence-electron chi connectivity index (χ0n) is 11.8. The molecule has 0 saturated carbocycles. The Balaban J connectivity index is 3.00. The van der Waals surface area contributed by atoms with Gasteiger partial charge in [0.05, 0.1) is 11.6 Å². The minimum absolute atomic E-state index is 0.00556. The third-order valence-corrected chi connectivity index (χ3v) is 3.17. The first-order valence-electron chi connectivity index (χ1n) is 6.21. The molecule has 0 aliphatic heterocycles. The van der Waals surface area contributed by atoms with E-state index in [0.29, 0.717) is 0 Å². The van der Waals surface area contributed by atoms with Crippen molar-refractivity contribution in [3.63, 3.8) is 0 Å². The van der Waals surface area contributed by atoms with E-state index < -0.39 is 5.60 Å². The molecule has 0 heterocycles. The van der Waals surface area contributed by atoms with Gasteiger partial charge in [0.15, 0.2) is 0 Å². The molecular weight excluding hydrogens is 210 g/mol. The molecule has 1 rings (SSSR count). The van der Waals surface area contributed by atoms with Crippen LogP contribution in [0.3, 0.4) is 0 Å². The van der Waals surface area contributed by atoms with Gasteiger partial charge in [-0.1, -0.05) is 39.0 Å². The first-order chi connectivity index (χ1) is 7.62. The van der Waals surface area contributed by atoms with Crippen molar-refractivity contribution >= 4 is 5.69 Å². The summed E-state index contributed by atoms with van der Waals surface area (Å²) in [6.45, 7) is 12.2. The van der Waals surface area contributed by atoms with E-state index in [9.17, 15) is 5.11 Å². The van der Waals surface area contributed by atoms with E-state index in [0.717, 1.165) is 5.69 Å². The van der Waals surface area contributed by atoms with Gasteiger partial charge in [0, 0.05) is 5.69 Å². The Kier molecular flexibility index (Phi) is 3.88. The fraction of sp³-hybridized carbons (Fsp3) is 0.600. The van der Waals surface area contributed by atoms with Crippen molar-refractivity contribution in [2.24, 2.45) is 0 Å². The van der Waals surface area contributed by atoms with Crippen LogP contribution < -0.4 is 5.32 Å². The lowest BCUT2D eigenvalue weighted by molar-refractivity contribution is 0.0648. The molecule has 17 heavy (non-hydrogen) atoms. The predicted molar refractivity (Wildman–Crippen MR) is 74.5 cm³/mol. The fourth-order valence-electron chi connectivity index (χ4n) is 1.67. The molecule has 0 saturated heterocycles. The van der Waals surface area contributed by atoms with Gasteiger partial charge in [-0.25, -0.2) is 0 Å². The second kappa shape index (κ2) is 4.69. The van der Waals surface area contributed by atoms with Crippen LogP contribution in [0.5, 0.6) is 0 Å². The van der Waals surface area contributed by atoms with Gasteiger partial charge in [0.25, 0.3) is 0 Å². The number of anilines is 1. The maximum absolute atomic E-state index is 9.98. The molecule has 2 nitrogen and oxygen atoms in total. The third-order valence-electron chi connectivity index (χ3n) is 3.17. The monoisotopic (exact) mass is 235 g/mol. The van der Waals surface area contributed by atoms with Gasteiger partial charge >= 0.3 is 0 Å². The molecule has 0 bridgehead atoms. The van der Waals surface area contributed by atoms with Gasteiger partial charge in [-0.05, 0) is 37.8 Å². The Labute approximate surface area is 105 Å². The first kappa shape index (κ1) is 14.0. The maximum Gasteiger partial charge on any atom is 0.0789 e. The Morgan fingerprint density at radius 1 is 1.06 bits per heavy atom. The normalized spacial score (nSPS) is 14.5. The highest BCUT2D eigenvalue weighted by Gasteiger charge is 2.24. The summed E-state index contributed by atoms with van der Waals surface area (Å²) in [6.07, 6.45) is 0. The largest absolute Gasteiger partial charge is 0.388 e. The van der Waals surface area contributed by atoms with E-state index in [1.165, 1.54) is 5.56 Å². The number of hydrogen-bond acceptors (Lipinski definition) is 2. The molecule has 0 aliphatic carbocycles. The van der Waals surface area contributed by atoms with Crippen molar-refractivity contribution in [3.05, 3.63) is 29.8 Å². The van der Waals surface area contributed by atoms with E-state index in [-0.39, 0.29) is 11.5 Å². The molecule has 0 aromatic heterocycles. The fourth-order valence-corrected chi connectivity index (χ4v) is 1.67. The summed E-state index contributed by atoms with van der Waals surface area (Å²) in [5.41, 5.74) is 1.75. The van der Waals surface area contributed by atoms with Crippen molar-refractivity contribution in [3.8, 4) is 0 Å². The second-order valence-corrected chi connectivity index (χ2v) is 6.32. The second-order valence-electron chi connectivity index (χ2n) is 6.32. The van der Waals surface area contributed by atoms with Crippen LogP contribution in [0.25, 0.3) is 0 Å². The minimum Gasteiger partial charge on any atom is -0.388 e. The molecule has 1 aromatic carbocycles. The van der Waals surface area contributed by atoms with Crippen LogP contribution in [-0.4, -0.2) is 16.7 Å². The van der Waals surface area contributed by atoms with Crippen LogP contribution in [0.4, 0.5) is 5.69 Å². The van der Waals surface area contributed by atoms with Crippen LogP contribution >= 0.6 is 0 Å². The van der Waals surface area contributed by atoms with E-state index in [1.807, 2.05) is 26.8 Å². The molecule has 2 heteroatoms. The number of hydrogen-bond donors (Lipinski definition) is 2. The van der Waals surface area contributed by atoms with E-state index >= 15 is 0 Å². The van der Waals surface area contributed by atoms with Gasteiger partial charge in [0.2, 0.25) is 0 Å². The van der Waals surface area contributed by atoms with Gasteiger partial charge < -0.3 is 10.4 Å². The standard InChI is InChI=1S/C15H25NO/c1-11(15(5,6)17)16-13-10-8-7-9-12(13)14(2,3)4/h7-11,16-17H,1-6H3. The number of aliphatic hydroxyl groups is 1. The van der Waals surface area contributed by atoms with E-state index in [1.54, 1.807) is 0 Å². The van der Waals surface area contributed by atoms with Crippen LogP contribution in [0.2, 0.25) is 0 Å². The predicted octanol–water partition coefficient (Wildman–Crippen LogP) is 3.56. The summed E-state index contributed by atoms with van der Waals surface area (Å²) < 4.78 is 0. The Morgan fingerprint density at radius 2 is 1.59 bits per heavy atom. The molecule has 0 aliphatic rings. The smallest absolute Gasteiger partial charge is 0.0789 e. The van der Waals surface area contributed by atoms with Gasteiger partial charge in [-0.15, -0.1) is 0 Å². The quantitative estimate of drug-likeness (QED) is 0.839. The minimum atomic E-state index is -0.731. The molecular formula is C15H25NO. The van der Waals surface area contributed by atoms with Crippen molar-refractivity contribution < 1.29 is 5.11 Å². The zero-order valence-corrected chi connectivity index (χ0v) is 11.8. The van der Waals surface area contributed by atoms with Gasteiger partial charge in [-0.2, -0.15) is 0 Å². The molecule has 1 unspecified atom stereocenters. The van der Waals surface area contributed by atoms with Crippen molar-refractivity contribution in [1.82, 2.24) is 0 Å². The number of para-hydroxylation sites is 1. The summed E-state index contributed by atoms with van der Waals surface area (Å²) in [5, 5.41) is 13.4. The summed E-state index contributed by atoms with van der Waals surface area (Å²) in [6, 6.07) is 8.29. The number of rotatable bonds is 3. The lowest BCUT2D eigenvalue weighted by Crippen LogP contribution is -2.39. The Morgan fingerprint density at radius 3 is 2.06 bits per heavy atom. The van der Waals surface area contributed by atoms with Crippen LogP contribution in [-0.2, 0) is 5.41 Å². The molecule has 0 spiro atoms. The summed E-state index contributed by atoms with van der Waals surface area (Å²) >= 11 is 0. The van der Waals surface area contributed by atoms with Crippen molar-refractivity contribution in [2.75, 3.05) is 5.32 Å². The zero-order chi connectivity index (χ0) is 13.3. The van der Waals surface area contributed by atoms with Crippen LogP contribution in [0.1, 0.15) is 47.1 Å². The average molecular weight is 235 g/mol. The number of nitrogens with one attached hydrogen (secondary N) is 1. The van der Waals surface area contributed by atoms with Crippen molar-refractivity contribution in [2.45, 2.75) is 58.6 Å². The summed E-state index contributed by atoms with van der Waals surface area (Å²) in [7, 11) is 0. The van der Waals surface area contributed by atoms with Crippen LogP contribution in [0.15, 0.2) is 24.3 Å². The third kappa shape index (κ3) is 3.74. The average Bonchev–Trinajstić information content (AvgIpc) is 2.15. The highest BCUT2D eigenvalue weighted by molar-refractivity contribution is 5.54. The van der Waals surface area contributed by atoms with Gasteiger partial charge in [-0.3, -0.25) is 0 Å². The van der Waals surface area contributed by atoms with Crippen molar-refractivity contribution in [1.29, 1.82) is 0 Å².